The van der Waals surface area contributed by atoms with Gasteiger partial charge in [-0.2, -0.15) is 0 Å². The maximum Gasteiger partial charge on any atom is 0.338 e. The first kappa shape index (κ1) is 28.4. The Morgan fingerprint density at radius 2 is 1.79 bits per heavy atom. The van der Waals surface area contributed by atoms with Crippen molar-refractivity contribution in [3.05, 3.63) is 132 Å². The minimum Gasteiger partial charge on any atom is -0.463 e. The maximum absolute atomic E-state index is 14.1. The van der Waals surface area contributed by atoms with Gasteiger partial charge in [-0.3, -0.25) is 9.36 Å². The van der Waals surface area contributed by atoms with E-state index in [1.165, 1.54) is 23.5 Å². The number of fused-ring (bicyclic) bond motifs is 2. The number of ether oxygens (including phenoxy) is 1. The van der Waals surface area contributed by atoms with Crippen LogP contribution >= 0.6 is 11.3 Å². The Morgan fingerprint density at radius 1 is 1.07 bits per heavy atom. The van der Waals surface area contributed by atoms with Crippen LogP contribution in [0.1, 0.15) is 36.6 Å². The van der Waals surface area contributed by atoms with E-state index in [0.29, 0.717) is 27.1 Å². The standard InChI is InChI=1S/C34H31FN4O3S/c1-5-42-33(41)30-21(2)36-34-39(31(30)23-12-16-26(17-13-23)37(3)4)32(40)29(43-34)18-24-20-38(28-9-7-6-8-27(24)28)19-22-10-14-25(35)15-11-22/h6-18,20,31H,5,19H2,1-4H3/b29-18-. The number of hydrogen-bond donors (Lipinski definition) is 0. The Kier molecular flexibility index (Phi) is 7.58. The van der Waals surface area contributed by atoms with Gasteiger partial charge in [-0.05, 0) is 61.4 Å². The number of carbonyl (C=O) groups excluding carboxylic acids is 1. The van der Waals surface area contributed by atoms with Crippen LogP contribution in [0.3, 0.4) is 0 Å². The number of anilines is 1. The van der Waals surface area contributed by atoms with Crippen molar-refractivity contribution in [3.63, 3.8) is 0 Å². The summed E-state index contributed by atoms with van der Waals surface area (Å²) in [6, 6.07) is 21.6. The van der Waals surface area contributed by atoms with Crippen LogP contribution in [0.25, 0.3) is 17.0 Å². The molecule has 218 valence electrons. The molecule has 0 saturated carbocycles. The van der Waals surface area contributed by atoms with Crippen LogP contribution in [0.15, 0.2) is 100 Å². The van der Waals surface area contributed by atoms with E-state index < -0.39 is 12.0 Å². The highest BCUT2D eigenvalue weighted by atomic mass is 32.1. The summed E-state index contributed by atoms with van der Waals surface area (Å²) >= 11 is 1.30. The number of hydrogen-bond acceptors (Lipinski definition) is 6. The summed E-state index contributed by atoms with van der Waals surface area (Å²) in [7, 11) is 3.92. The van der Waals surface area contributed by atoms with Crippen molar-refractivity contribution in [3.8, 4) is 0 Å². The van der Waals surface area contributed by atoms with E-state index in [4.69, 9.17) is 9.73 Å². The van der Waals surface area contributed by atoms with E-state index in [9.17, 15) is 14.0 Å². The van der Waals surface area contributed by atoms with E-state index >= 15 is 0 Å². The van der Waals surface area contributed by atoms with Gasteiger partial charge in [0.25, 0.3) is 5.56 Å². The molecule has 0 N–H and O–H groups in total. The molecule has 0 amide bonds. The van der Waals surface area contributed by atoms with Crippen molar-refractivity contribution in [2.45, 2.75) is 26.4 Å². The number of halogens is 1. The SMILES string of the molecule is CCOC(=O)C1=C(C)N=c2s/c(=C\c3cn(Cc4ccc(F)cc4)c4ccccc34)c(=O)n2C1c1ccc(N(C)C)cc1. The van der Waals surface area contributed by atoms with Gasteiger partial charge in [-0.1, -0.05) is 53.8 Å². The molecule has 0 radical (unpaired) electrons. The highest BCUT2D eigenvalue weighted by Crippen LogP contribution is 2.32. The molecule has 0 aliphatic carbocycles. The van der Waals surface area contributed by atoms with Crippen LogP contribution in [0.4, 0.5) is 10.1 Å². The zero-order chi connectivity index (χ0) is 30.2. The Labute approximate surface area is 252 Å². The molecule has 1 aliphatic heterocycles. The number of para-hydroxylation sites is 1. The van der Waals surface area contributed by atoms with Crippen molar-refractivity contribution in [2.24, 2.45) is 4.99 Å². The Balaban J connectivity index is 1.50. The van der Waals surface area contributed by atoms with E-state index in [0.717, 1.165) is 33.3 Å². The summed E-state index contributed by atoms with van der Waals surface area (Å²) in [4.78, 5) is 34.6. The zero-order valence-corrected chi connectivity index (χ0v) is 25.2. The summed E-state index contributed by atoms with van der Waals surface area (Å²) in [6.07, 6.45) is 3.90. The van der Waals surface area contributed by atoms with Crippen LogP contribution < -0.4 is 19.8 Å². The third kappa shape index (κ3) is 5.32. The number of esters is 1. The number of nitrogens with zero attached hydrogens (tertiary/aromatic N) is 4. The second-order valence-corrected chi connectivity index (χ2v) is 11.7. The molecule has 1 unspecified atom stereocenters. The fourth-order valence-corrected chi connectivity index (χ4v) is 6.55. The second kappa shape index (κ2) is 11.5. The molecular formula is C34H31FN4O3S. The molecule has 6 rings (SSSR count). The lowest BCUT2D eigenvalue weighted by Gasteiger charge is -2.25. The molecule has 43 heavy (non-hydrogen) atoms. The summed E-state index contributed by atoms with van der Waals surface area (Å²) in [5.74, 6) is -0.756. The zero-order valence-electron chi connectivity index (χ0n) is 24.4. The van der Waals surface area contributed by atoms with Gasteiger partial charge < -0.3 is 14.2 Å². The largest absolute Gasteiger partial charge is 0.463 e. The monoisotopic (exact) mass is 594 g/mol. The van der Waals surface area contributed by atoms with Gasteiger partial charge in [0.15, 0.2) is 4.80 Å². The molecule has 2 aromatic heterocycles. The quantitative estimate of drug-likeness (QED) is 0.249. The molecule has 0 spiro atoms. The van der Waals surface area contributed by atoms with Gasteiger partial charge in [0, 0.05) is 49.0 Å². The van der Waals surface area contributed by atoms with Crippen molar-refractivity contribution < 1.29 is 13.9 Å². The van der Waals surface area contributed by atoms with Crippen LogP contribution in [0, 0.1) is 5.82 Å². The van der Waals surface area contributed by atoms with E-state index in [1.807, 2.05) is 79.8 Å². The first-order valence-corrected chi connectivity index (χ1v) is 14.9. The van der Waals surface area contributed by atoms with E-state index in [-0.39, 0.29) is 18.0 Å². The molecule has 7 nitrogen and oxygen atoms in total. The van der Waals surface area contributed by atoms with Gasteiger partial charge in [-0.15, -0.1) is 0 Å². The Hall–Kier alpha value is -4.76. The summed E-state index contributed by atoms with van der Waals surface area (Å²) in [5.41, 5.74) is 5.32. The molecule has 0 bridgehead atoms. The first-order chi connectivity index (χ1) is 20.7. The molecule has 5 aromatic rings. The number of benzene rings is 3. The highest BCUT2D eigenvalue weighted by molar-refractivity contribution is 7.07. The molecule has 3 heterocycles. The van der Waals surface area contributed by atoms with Crippen LogP contribution in [-0.4, -0.2) is 35.8 Å². The number of thiazole rings is 1. The average Bonchev–Trinajstić information content (AvgIpc) is 3.49. The lowest BCUT2D eigenvalue weighted by molar-refractivity contribution is -0.139. The Bertz CT molecular complexity index is 2050. The van der Waals surface area contributed by atoms with Gasteiger partial charge in [0.05, 0.1) is 28.5 Å². The molecule has 9 heteroatoms. The van der Waals surface area contributed by atoms with Crippen LogP contribution in [-0.2, 0) is 16.1 Å². The topological polar surface area (TPSA) is 68.8 Å². The lowest BCUT2D eigenvalue weighted by Crippen LogP contribution is -2.39. The molecule has 0 saturated heterocycles. The molecule has 3 aromatic carbocycles. The smallest absolute Gasteiger partial charge is 0.338 e. The predicted octanol–water partition coefficient (Wildman–Crippen LogP) is 5.01. The highest BCUT2D eigenvalue weighted by Gasteiger charge is 2.33. The lowest BCUT2D eigenvalue weighted by atomic mass is 9.95. The van der Waals surface area contributed by atoms with Gasteiger partial charge in [0.1, 0.15) is 5.82 Å². The number of rotatable bonds is 7. The number of allylic oxidation sites excluding steroid dienone is 1. The summed E-state index contributed by atoms with van der Waals surface area (Å²) in [6.45, 7) is 4.32. The normalized spacial score (nSPS) is 15.0. The molecule has 0 fully saturated rings. The van der Waals surface area contributed by atoms with Gasteiger partial charge in [0.2, 0.25) is 0 Å². The van der Waals surface area contributed by atoms with Crippen LogP contribution in [0.2, 0.25) is 0 Å². The fraction of sp³-hybridized carbons (Fsp3) is 0.206. The average molecular weight is 595 g/mol. The molecule has 1 aliphatic rings. The minimum atomic E-state index is -0.673. The number of carbonyl (C=O) groups is 1. The maximum atomic E-state index is 14.1. The third-order valence-electron chi connectivity index (χ3n) is 7.61. The van der Waals surface area contributed by atoms with Crippen molar-refractivity contribution >= 4 is 40.0 Å². The van der Waals surface area contributed by atoms with Crippen LogP contribution in [0.5, 0.6) is 0 Å². The van der Waals surface area contributed by atoms with E-state index in [1.54, 1.807) is 30.5 Å². The third-order valence-corrected chi connectivity index (χ3v) is 8.60. The predicted molar refractivity (Wildman–Crippen MR) is 169 cm³/mol. The van der Waals surface area contributed by atoms with Crippen molar-refractivity contribution in [1.82, 2.24) is 9.13 Å². The van der Waals surface area contributed by atoms with Crippen molar-refractivity contribution in [2.75, 3.05) is 25.6 Å². The Morgan fingerprint density at radius 3 is 2.49 bits per heavy atom. The second-order valence-electron chi connectivity index (χ2n) is 10.6. The molecular weight excluding hydrogens is 563 g/mol. The summed E-state index contributed by atoms with van der Waals surface area (Å²) in [5, 5.41) is 0.995. The van der Waals surface area contributed by atoms with Crippen molar-refractivity contribution in [1.29, 1.82) is 0 Å². The van der Waals surface area contributed by atoms with Gasteiger partial charge >= 0.3 is 5.97 Å². The number of aromatic nitrogens is 2. The minimum absolute atomic E-state index is 0.217. The summed E-state index contributed by atoms with van der Waals surface area (Å²) < 4.78 is 23.1. The van der Waals surface area contributed by atoms with E-state index in [2.05, 4.69) is 4.57 Å². The fourth-order valence-electron chi connectivity index (χ4n) is 5.51. The molecule has 1 atom stereocenters. The first-order valence-electron chi connectivity index (χ1n) is 14.0. The van der Waals surface area contributed by atoms with Gasteiger partial charge in [-0.25, -0.2) is 14.2 Å².